The number of hydrogen-bond acceptors (Lipinski definition) is 3. The maximum atomic E-state index is 5.46. The van der Waals surface area contributed by atoms with Gasteiger partial charge in [0.1, 0.15) is 17.2 Å². The summed E-state index contributed by atoms with van der Waals surface area (Å²) in [6, 6.07) is 22.8. The predicted octanol–water partition coefficient (Wildman–Crippen LogP) is 5.69. The summed E-state index contributed by atoms with van der Waals surface area (Å²) >= 11 is 0. The SMILES string of the molecule is COc1ccc(-c2cc3ccc(OC)cc3c3cc(OC)ccc23)cc1. The summed E-state index contributed by atoms with van der Waals surface area (Å²) < 4.78 is 16.2. The average Bonchev–Trinajstić information content (AvgIpc) is 2.72. The highest BCUT2D eigenvalue weighted by atomic mass is 16.5. The van der Waals surface area contributed by atoms with Crippen molar-refractivity contribution in [2.75, 3.05) is 21.3 Å². The minimum Gasteiger partial charge on any atom is -0.497 e. The topological polar surface area (TPSA) is 27.7 Å². The zero-order chi connectivity index (χ0) is 18.1. The van der Waals surface area contributed by atoms with Crippen molar-refractivity contribution in [2.45, 2.75) is 0 Å². The molecular formula is C23H20O3. The Balaban J connectivity index is 2.05. The van der Waals surface area contributed by atoms with E-state index in [9.17, 15) is 0 Å². The first-order chi connectivity index (χ1) is 12.7. The van der Waals surface area contributed by atoms with E-state index in [1.165, 1.54) is 10.9 Å². The molecule has 0 atom stereocenters. The molecule has 0 heterocycles. The van der Waals surface area contributed by atoms with Crippen LogP contribution in [0.5, 0.6) is 17.2 Å². The van der Waals surface area contributed by atoms with Crippen LogP contribution >= 0.6 is 0 Å². The molecule has 26 heavy (non-hydrogen) atoms. The smallest absolute Gasteiger partial charge is 0.119 e. The number of hydrogen-bond donors (Lipinski definition) is 0. The second-order valence-electron chi connectivity index (χ2n) is 6.15. The molecule has 4 aromatic carbocycles. The molecule has 0 aliphatic rings. The van der Waals surface area contributed by atoms with E-state index < -0.39 is 0 Å². The average molecular weight is 344 g/mol. The number of fused-ring (bicyclic) bond motifs is 3. The van der Waals surface area contributed by atoms with E-state index in [0.29, 0.717) is 0 Å². The van der Waals surface area contributed by atoms with Crippen LogP contribution in [0.15, 0.2) is 66.7 Å². The standard InChI is InChI=1S/C23H20O3/c1-24-17-7-4-15(5-8-17)21-12-16-6-9-18(25-2)13-22(16)23-14-19(26-3)10-11-20(21)23/h4-14H,1-3H3. The first-order valence-electron chi connectivity index (χ1n) is 8.46. The molecule has 0 radical (unpaired) electrons. The third-order valence-electron chi connectivity index (χ3n) is 4.77. The third kappa shape index (κ3) is 2.72. The van der Waals surface area contributed by atoms with Crippen molar-refractivity contribution in [3.05, 3.63) is 66.7 Å². The zero-order valence-corrected chi connectivity index (χ0v) is 15.1. The number of benzene rings is 4. The van der Waals surface area contributed by atoms with E-state index in [1.54, 1.807) is 21.3 Å². The summed E-state index contributed by atoms with van der Waals surface area (Å²) in [5.74, 6) is 2.54. The second kappa shape index (κ2) is 6.60. The van der Waals surface area contributed by atoms with Crippen LogP contribution in [0.1, 0.15) is 0 Å². The fraction of sp³-hybridized carbons (Fsp3) is 0.130. The van der Waals surface area contributed by atoms with Crippen LogP contribution in [-0.2, 0) is 0 Å². The van der Waals surface area contributed by atoms with E-state index in [0.717, 1.165) is 39.0 Å². The molecule has 4 aromatic rings. The van der Waals surface area contributed by atoms with Crippen LogP contribution in [0.4, 0.5) is 0 Å². The van der Waals surface area contributed by atoms with Crippen molar-refractivity contribution >= 4 is 21.5 Å². The maximum absolute atomic E-state index is 5.46. The van der Waals surface area contributed by atoms with Crippen LogP contribution < -0.4 is 14.2 Å². The number of ether oxygens (including phenoxy) is 3. The molecule has 3 heteroatoms. The van der Waals surface area contributed by atoms with Crippen molar-refractivity contribution in [1.82, 2.24) is 0 Å². The van der Waals surface area contributed by atoms with Crippen LogP contribution in [0, 0.1) is 0 Å². The molecule has 130 valence electrons. The van der Waals surface area contributed by atoms with Gasteiger partial charge >= 0.3 is 0 Å². The maximum Gasteiger partial charge on any atom is 0.119 e. The highest BCUT2D eigenvalue weighted by molar-refractivity contribution is 6.14. The van der Waals surface area contributed by atoms with Crippen LogP contribution in [0.3, 0.4) is 0 Å². The Morgan fingerprint density at radius 2 is 1.08 bits per heavy atom. The molecule has 0 amide bonds. The fourth-order valence-corrected chi connectivity index (χ4v) is 3.37. The minimum absolute atomic E-state index is 0.841. The Hall–Kier alpha value is -3.20. The lowest BCUT2D eigenvalue weighted by Gasteiger charge is -2.13. The van der Waals surface area contributed by atoms with E-state index in [1.807, 2.05) is 24.3 Å². The molecule has 0 saturated carbocycles. The Bertz CT molecular complexity index is 1080. The van der Waals surface area contributed by atoms with Gasteiger partial charge in [0, 0.05) is 0 Å². The molecule has 0 unspecified atom stereocenters. The molecule has 4 rings (SSSR count). The van der Waals surface area contributed by atoms with Crippen LogP contribution in [0.2, 0.25) is 0 Å². The van der Waals surface area contributed by atoms with Crippen molar-refractivity contribution in [2.24, 2.45) is 0 Å². The zero-order valence-electron chi connectivity index (χ0n) is 15.1. The lowest BCUT2D eigenvalue weighted by Crippen LogP contribution is -1.89. The molecule has 3 nitrogen and oxygen atoms in total. The summed E-state index contributed by atoms with van der Waals surface area (Å²) in [7, 11) is 5.06. The first-order valence-corrected chi connectivity index (χ1v) is 8.46. The highest BCUT2D eigenvalue weighted by Crippen LogP contribution is 2.38. The van der Waals surface area contributed by atoms with Gasteiger partial charge in [0.25, 0.3) is 0 Å². The van der Waals surface area contributed by atoms with E-state index in [2.05, 4.69) is 42.5 Å². The molecule has 0 aliphatic heterocycles. The third-order valence-corrected chi connectivity index (χ3v) is 4.77. The molecule has 0 saturated heterocycles. The Morgan fingerprint density at radius 3 is 1.73 bits per heavy atom. The fourth-order valence-electron chi connectivity index (χ4n) is 3.37. The van der Waals surface area contributed by atoms with Gasteiger partial charge in [-0.1, -0.05) is 24.3 Å². The van der Waals surface area contributed by atoms with E-state index >= 15 is 0 Å². The lowest BCUT2D eigenvalue weighted by molar-refractivity contribution is 0.415. The Labute approximate surface area is 152 Å². The quantitative estimate of drug-likeness (QED) is 0.445. The normalized spacial score (nSPS) is 10.9. The number of rotatable bonds is 4. The molecule has 0 bridgehead atoms. The van der Waals surface area contributed by atoms with E-state index in [-0.39, 0.29) is 0 Å². The van der Waals surface area contributed by atoms with Crippen molar-refractivity contribution in [3.63, 3.8) is 0 Å². The molecule has 0 N–H and O–H groups in total. The monoisotopic (exact) mass is 344 g/mol. The van der Waals surface area contributed by atoms with Crippen molar-refractivity contribution in [1.29, 1.82) is 0 Å². The van der Waals surface area contributed by atoms with Crippen molar-refractivity contribution in [3.8, 4) is 28.4 Å². The molecule has 0 aromatic heterocycles. The summed E-state index contributed by atoms with van der Waals surface area (Å²) in [5, 5.41) is 4.64. The molecule has 0 aliphatic carbocycles. The minimum atomic E-state index is 0.841. The molecule has 0 spiro atoms. The van der Waals surface area contributed by atoms with Gasteiger partial charge in [0.2, 0.25) is 0 Å². The lowest BCUT2D eigenvalue weighted by atomic mass is 9.93. The summed E-state index contributed by atoms with van der Waals surface area (Å²) in [4.78, 5) is 0. The Morgan fingerprint density at radius 1 is 0.500 bits per heavy atom. The van der Waals surface area contributed by atoms with Gasteiger partial charge in [-0.25, -0.2) is 0 Å². The van der Waals surface area contributed by atoms with Crippen LogP contribution in [-0.4, -0.2) is 21.3 Å². The highest BCUT2D eigenvalue weighted by Gasteiger charge is 2.11. The van der Waals surface area contributed by atoms with E-state index in [4.69, 9.17) is 14.2 Å². The second-order valence-corrected chi connectivity index (χ2v) is 6.15. The van der Waals surface area contributed by atoms with Gasteiger partial charge < -0.3 is 14.2 Å². The Kier molecular flexibility index (Phi) is 4.13. The van der Waals surface area contributed by atoms with Gasteiger partial charge in [0.05, 0.1) is 21.3 Å². The molecule has 0 fully saturated rings. The summed E-state index contributed by atoms with van der Waals surface area (Å²) in [6.07, 6.45) is 0. The first kappa shape index (κ1) is 16.3. The summed E-state index contributed by atoms with van der Waals surface area (Å²) in [5.41, 5.74) is 2.33. The van der Waals surface area contributed by atoms with Gasteiger partial charge in [-0.2, -0.15) is 0 Å². The van der Waals surface area contributed by atoms with Crippen LogP contribution in [0.25, 0.3) is 32.7 Å². The van der Waals surface area contributed by atoms with Gasteiger partial charge in [-0.05, 0) is 75.1 Å². The van der Waals surface area contributed by atoms with Crippen molar-refractivity contribution < 1.29 is 14.2 Å². The van der Waals surface area contributed by atoms with Gasteiger partial charge in [0.15, 0.2) is 0 Å². The summed E-state index contributed by atoms with van der Waals surface area (Å²) in [6.45, 7) is 0. The molecular weight excluding hydrogens is 324 g/mol. The van der Waals surface area contributed by atoms with Gasteiger partial charge in [-0.3, -0.25) is 0 Å². The number of methoxy groups -OCH3 is 3. The predicted molar refractivity (Wildman–Crippen MR) is 107 cm³/mol. The van der Waals surface area contributed by atoms with Gasteiger partial charge in [-0.15, -0.1) is 0 Å². The largest absolute Gasteiger partial charge is 0.497 e.